The van der Waals surface area contributed by atoms with Crippen molar-refractivity contribution in [2.45, 2.75) is 19.6 Å². The van der Waals surface area contributed by atoms with E-state index in [4.69, 9.17) is 4.74 Å². The van der Waals surface area contributed by atoms with Gasteiger partial charge in [0.25, 0.3) is 0 Å². The molecule has 0 aliphatic carbocycles. The number of tetrazole rings is 1. The number of amides is 1. The molecule has 1 N–H and O–H groups in total. The van der Waals surface area contributed by atoms with Gasteiger partial charge in [0.15, 0.2) is 6.61 Å². The second-order valence-corrected chi connectivity index (χ2v) is 5.53. The summed E-state index contributed by atoms with van der Waals surface area (Å²) in [6, 6.07) is 15.8. The predicted octanol–water partition coefficient (Wildman–Crippen LogP) is 1.75. The van der Waals surface area contributed by atoms with Crippen LogP contribution in [0.15, 0.2) is 54.6 Å². The molecule has 0 unspecified atom stereocenters. The van der Waals surface area contributed by atoms with Crippen molar-refractivity contribution in [3.8, 4) is 5.75 Å². The number of aromatic nitrogens is 4. The maximum absolute atomic E-state index is 13.5. The summed E-state index contributed by atoms with van der Waals surface area (Å²) in [6.45, 7) is 0.437. The smallest absolute Gasteiger partial charge is 0.243 e. The molecule has 0 aliphatic rings. The van der Waals surface area contributed by atoms with Gasteiger partial charge in [-0.1, -0.05) is 36.4 Å². The highest BCUT2D eigenvalue weighted by Crippen LogP contribution is 2.09. The second-order valence-electron chi connectivity index (χ2n) is 5.53. The monoisotopic (exact) mass is 355 g/mol. The van der Waals surface area contributed by atoms with Crippen LogP contribution in [-0.2, 0) is 24.4 Å². The zero-order valence-electron chi connectivity index (χ0n) is 14.0. The molecular weight excluding hydrogens is 337 g/mol. The van der Waals surface area contributed by atoms with Crippen LogP contribution < -0.4 is 10.1 Å². The van der Waals surface area contributed by atoms with E-state index in [2.05, 4.69) is 20.7 Å². The highest BCUT2D eigenvalue weighted by Gasteiger charge is 2.08. The fraction of sp³-hybridized carbons (Fsp3) is 0.222. The van der Waals surface area contributed by atoms with Gasteiger partial charge in [0.1, 0.15) is 18.1 Å². The largest absolute Gasteiger partial charge is 0.485 e. The number of carbonyl (C=O) groups is 1. The van der Waals surface area contributed by atoms with Crippen LogP contribution in [0.4, 0.5) is 4.39 Å². The molecule has 0 atom stereocenters. The van der Waals surface area contributed by atoms with E-state index in [0.29, 0.717) is 30.1 Å². The molecule has 1 heterocycles. The van der Waals surface area contributed by atoms with Crippen molar-refractivity contribution in [3.63, 3.8) is 0 Å². The van der Waals surface area contributed by atoms with Gasteiger partial charge in [-0.15, -0.1) is 10.2 Å². The first kappa shape index (κ1) is 17.5. The van der Waals surface area contributed by atoms with Crippen molar-refractivity contribution in [1.29, 1.82) is 0 Å². The predicted molar refractivity (Wildman–Crippen MR) is 91.7 cm³/mol. The van der Waals surface area contributed by atoms with Gasteiger partial charge >= 0.3 is 0 Å². The van der Waals surface area contributed by atoms with Gasteiger partial charge in [-0.2, -0.15) is 4.80 Å². The van der Waals surface area contributed by atoms with Crippen molar-refractivity contribution in [1.82, 2.24) is 25.5 Å². The minimum Gasteiger partial charge on any atom is -0.485 e. The summed E-state index contributed by atoms with van der Waals surface area (Å²) in [5, 5.41) is 14.5. The third kappa shape index (κ3) is 5.10. The number of para-hydroxylation sites is 1. The maximum Gasteiger partial charge on any atom is 0.243 e. The van der Waals surface area contributed by atoms with E-state index in [0.717, 1.165) is 0 Å². The molecule has 0 bridgehead atoms. The highest BCUT2D eigenvalue weighted by molar-refractivity contribution is 5.75. The van der Waals surface area contributed by atoms with Crippen molar-refractivity contribution < 1.29 is 13.9 Å². The second kappa shape index (κ2) is 8.70. The van der Waals surface area contributed by atoms with Gasteiger partial charge < -0.3 is 10.1 Å². The van der Waals surface area contributed by atoms with Crippen molar-refractivity contribution in [2.24, 2.45) is 0 Å². The maximum atomic E-state index is 13.5. The lowest BCUT2D eigenvalue weighted by Crippen LogP contribution is -2.30. The van der Waals surface area contributed by atoms with Crippen molar-refractivity contribution in [3.05, 3.63) is 71.8 Å². The lowest BCUT2D eigenvalue weighted by molar-refractivity contribution is -0.122. The number of hydrogen-bond acceptors (Lipinski definition) is 5. The Morgan fingerprint density at radius 3 is 2.69 bits per heavy atom. The molecule has 134 valence electrons. The Morgan fingerprint density at radius 2 is 1.88 bits per heavy atom. The minimum atomic E-state index is -0.275. The zero-order chi connectivity index (χ0) is 18.2. The van der Waals surface area contributed by atoms with Gasteiger partial charge in [-0.25, -0.2) is 4.39 Å². The molecule has 1 amide bonds. The Labute approximate surface area is 149 Å². The fourth-order valence-electron chi connectivity index (χ4n) is 2.29. The van der Waals surface area contributed by atoms with E-state index >= 15 is 0 Å². The first-order chi connectivity index (χ1) is 12.7. The molecule has 3 rings (SSSR count). The lowest BCUT2D eigenvalue weighted by Gasteiger charge is -2.05. The molecule has 0 saturated carbocycles. The summed E-state index contributed by atoms with van der Waals surface area (Å²) in [4.78, 5) is 13.1. The minimum absolute atomic E-state index is 0.0599. The summed E-state index contributed by atoms with van der Waals surface area (Å²) < 4.78 is 19.0. The highest BCUT2D eigenvalue weighted by atomic mass is 19.1. The van der Waals surface area contributed by atoms with Gasteiger partial charge in [0.05, 0.1) is 0 Å². The Morgan fingerprint density at radius 1 is 1.12 bits per heavy atom. The molecular formula is C18H18FN5O2. The summed E-state index contributed by atoms with van der Waals surface area (Å²) >= 11 is 0. The standard InChI is InChI=1S/C18H18FN5O2/c19-16-9-5-4-6-14(16)10-11-20-18(25)12-24-22-17(21-23-24)13-26-15-7-2-1-3-8-15/h1-9H,10-13H2,(H,20,25). The summed E-state index contributed by atoms with van der Waals surface area (Å²) in [5.41, 5.74) is 0.562. The number of benzene rings is 2. The number of nitrogens with one attached hydrogen (secondary N) is 1. The molecule has 0 radical (unpaired) electrons. The molecule has 26 heavy (non-hydrogen) atoms. The van der Waals surface area contributed by atoms with Crippen LogP contribution in [0.5, 0.6) is 5.75 Å². The van der Waals surface area contributed by atoms with Crippen LogP contribution >= 0.6 is 0 Å². The first-order valence-electron chi connectivity index (χ1n) is 8.15. The normalized spacial score (nSPS) is 10.5. The zero-order valence-corrected chi connectivity index (χ0v) is 14.0. The molecule has 0 spiro atoms. The van der Waals surface area contributed by atoms with Crippen molar-refractivity contribution >= 4 is 5.91 Å². The van der Waals surface area contributed by atoms with E-state index in [1.54, 1.807) is 18.2 Å². The molecule has 1 aromatic heterocycles. The molecule has 0 saturated heterocycles. The number of rotatable bonds is 8. The van der Waals surface area contributed by atoms with E-state index in [-0.39, 0.29) is 24.9 Å². The number of carbonyl (C=O) groups excluding carboxylic acids is 1. The number of ether oxygens (including phenoxy) is 1. The quantitative estimate of drug-likeness (QED) is 0.666. The third-order valence-electron chi connectivity index (χ3n) is 3.56. The fourth-order valence-corrected chi connectivity index (χ4v) is 2.29. The van der Waals surface area contributed by atoms with Crippen LogP contribution in [-0.4, -0.2) is 32.7 Å². The number of nitrogens with zero attached hydrogens (tertiary/aromatic N) is 4. The third-order valence-corrected chi connectivity index (χ3v) is 3.56. The number of hydrogen-bond donors (Lipinski definition) is 1. The van der Waals surface area contributed by atoms with E-state index < -0.39 is 0 Å². The summed E-state index contributed by atoms with van der Waals surface area (Å²) in [7, 11) is 0. The van der Waals surface area contributed by atoms with Crippen LogP contribution in [0.25, 0.3) is 0 Å². The molecule has 8 heteroatoms. The van der Waals surface area contributed by atoms with Gasteiger partial charge in [0, 0.05) is 6.54 Å². The van der Waals surface area contributed by atoms with Gasteiger partial charge in [-0.3, -0.25) is 4.79 Å². The number of halogens is 1. The van der Waals surface area contributed by atoms with Crippen molar-refractivity contribution in [2.75, 3.05) is 6.54 Å². The molecule has 3 aromatic rings. The molecule has 0 fully saturated rings. The topological polar surface area (TPSA) is 81.9 Å². The molecule has 7 nitrogen and oxygen atoms in total. The average Bonchev–Trinajstić information content (AvgIpc) is 3.10. The molecule has 0 aliphatic heterocycles. The van der Waals surface area contributed by atoms with Crippen LogP contribution in [0.2, 0.25) is 0 Å². The Balaban J connectivity index is 1.42. The van der Waals surface area contributed by atoms with Crippen LogP contribution in [0.3, 0.4) is 0 Å². The van der Waals surface area contributed by atoms with E-state index in [1.165, 1.54) is 10.9 Å². The van der Waals surface area contributed by atoms with Gasteiger partial charge in [0.2, 0.25) is 11.7 Å². The first-order valence-corrected chi connectivity index (χ1v) is 8.15. The van der Waals surface area contributed by atoms with E-state index in [1.807, 2.05) is 30.3 Å². The summed E-state index contributed by atoms with van der Waals surface area (Å²) in [6.07, 6.45) is 0.416. The lowest BCUT2D eigenvalue weighted by atomic mass is 10.1. The average molecular weight is 355 g/mol. The van der Waals surface area contributed by atoms with E-state index in [9.17, 15) is 9.18 Å². The van der Waals surface area contributed by atoms with Crippen LogP contribution in [0, 0.1) is 5.82 Å². The Kier molecular flexibility index (Phi) is 5.87. The van der Waals surface area contributed by atoms with Crippen LogP contribution in [0.1, 0.15) is 11.4 Å². The van der Waals surface area contributed by atoms with Gasteiger partial charge in [-0.05, 0) is 35.4 Å². The summed E-state index contributed by atoms with van der Waals surface area (Å²) in [5.74, 6) is 0.541. The Hall–Kier alpha value is -3.29. The SMILES string of the molecule is O=C(Cn1nnc(COc2ccccc2)n1)NCCc1ccccc1F. The Bertz CT molecular complexity index is 854. The molecule has 2 aromatic carbocycles.